The molecule has 0 aromatic carbocycles. The lowest BCUT2D eigenvalue weighted by molar-refractivity contribution is 0.0690. The van der Waals surface area contributed by atoms with Crippen molar-refractivity contribution >= 4 is 17.7 Å². The Bertz CT molecular complexity index is 313. The van der Waals surface area contributed by atoms with E-state index in [1.807, 2.05) is 0 Å². The number of ether oxygens (including phenoxy) is 1. The molecule has 0 radical (unpaired) electrons. The quantitative estimate of drug-likeness (QED) is 0.752. The molecule has 5 heteroatoms. The van der Waals surface area contributed by atoms with Crippen LogP contribution in [0.4, 0.5) is 0 Å². The van der Waals surface area contributed by atoms with Crippen LogP contribution in [0, 0.1) is 0 Å². The molecule has 0 aliphatic heterocycles. The van der Waals surface area contributed by atoms with Crippen LogP contribution in [0.3, 0.4) is 0 Å². The Hall–Kier alpha value is -1.23. The second-order valence-corrected chi connectivity index (χ2v) is 4.12. The van der Waals surface area contributed by atoms with Crippen molar-refractivity contribution in [3.63, 3.8) is 0 Å². The summed E-state index contributed by atoms with van der Waals surface area (Å²) in [7, 11) is 0. The van der Waals surface area contributed by atoms with Gasteiger partial charge < -0.3 is 9.84 Å². The van der Waals surface area contributed by atoms with Gasteiger partial charge in [-0.15, -0.1) is 0 Å². The molecule has 0 atom stereocenters. The second-order valence-electron chi connectivity index (χ2n) is 2.73. The minimum Gasteiger partial charge on any atom is -0.491 e. The van der Waals surface area contributed by atoms with Gasteiger partial charge in [-0.2, -0.15) is 11.8 Å². The number of aromatic carboxylic acids is 1. The summed E-state index contributed by atoms with van der Waals surface area (Å²) in [4.78, 5) is 14.3. The highest BCUT2D eigenvalue weighted by atomic mass is 32.2. The Balaban J connectivity index is 2.39. The van der Waals surface area contributed by atoms with Gasteiger partial charge in [0.05, 0.1) is 12.8 Å². The maximum atomic E-state index is 10.5. The smallest absolute Gasteiger partial charge is 0.354 e. The number of carbonyl (C=O) groups is 1. The van der Waals surface area contributed by atoms with Crippen molar-refractivity contribution in [2.45, 2.75) is 6.92 Å². The maximum absolute atomic E-state index is 10.5. The van der Waals surface area contributed by atoms with E-state index in [2.05, 4.69) is 11.9 Å². The van der Waals surface area contributed by atoms with Gasteiger partial charge in [0.2, 0.25) is 0 Å². The maximum Gasteiger partial charge on any atom is 0.354 e. The van der Waals surface area contributed by atoms with E-state index in [4.69, 9.17) is 9.84 Å². The predicted molar refractivity (Wildman–Crippen MR) is 59.7 cm³/mol. The average molecular weight is 227 g/mol. The summed E-state index contributed by atoms with van der Waals surface area (Å²) in [6.45, 7) is 2.71. The van der Waals surface area contributed by atoms with E-state index in [0.29, 0.717) is 12.4 Å². The zero-order valence-corrected chi connectivity index (χ0v) is 9.29. The standard InChI is InChI=1S/C10H13NO3S/c1-2-15-6-5-14-8-3-4-9(10(12)13)11-7-8/h3-4,7H,2,5-6H2,1H3,(H,12,13). The highest BCUT2D eigenvalue weighted by Gasteiger charge is 2.03. The summed E-state index contributed by atoms with van der Waals surface area (Å²) in [5, 5.41) is 8.62. The van der Waals surface area contributed by atoms with Crippen LogP contribution >= 0.6 is 11.8 Å². The molecule has 15 heavy (non-hydrogen) atoms. The summed E-state index contributed by atoms with van der Waals surface area (Å²) in [5.41, 5.74) is 0.0327. The van der Waals surface area contributed by atoms with Gasteiger partial charge in [-0.25, -0.2) is 9.78 Å². The number of carboxylic acid groups (broad SMARTS) is 1. The molecule has 0 saturated heterocycles. The Kier molecular flexibility index (Phi) is 4.97. The van der Waals surface area contributed by atoms with E-state index in [-0.39, 0.29) is 5.69 Å². The van der Waals surface area contributed by atoms with Crippen molar-refractivity contribution in [2.24, 2.45) is 0 Å². The van der Waals surface area contributed by atoms with Crippen LogP contribution in [-0.2, 0) is 0 Å². The van der Waals surface area contributed by atoms with Crippen molar-refractivity contribution in [3.8, 4) is 5.75 Å². The van der Waals surface area contributed by atoms with Gasteiger partial charge in [-0.1, -0.05) is 6.92 Å². The van der Waals surface area contributed by atoms with E-state index in [1.165, 1.54) is 12.3 Å². The lowest BCUT2D eigenvalue weighted by Crippen LogP contribution is -2.03. The normalized spacial score (nSPS) is 9.93. The number of rotatable bonds is 6. The number of hydrogen-bond acceptors (Lipinski definition) is 4. The second kappa shape index (κ2) is 6.29. The van der Waals surface area contributed by atoms with E-state index in [9.17, 15) is 4.79 Å². The van der Waals surface area contributed by atoms with Crippen LogP contribution in [0.2, 0.25) is 0 Å². The van der Waals surface area contributed by atoms with Gasteiger partial charge in [0.15, 0.2) is 0 Å². The van der Waals surface area contributed by atoms with Crippen molar-refractivity contribution in [1.82, 2.24) is 4.98 Å². The Morgan fingerprint density at radius 1 is 1.60 bits per heavy atom. The summed E-state index contributed by atoms with van der Waals surface area (Å²) in [6.07, 6.45) is 1.43. The lowest BCUT2D eigenvalue weighted by atomic mass is 10.3. The summed E-state index contributed by atoms with van der Waals surface area (Å²) < 4.78 is 5.37. The van der Waals surface area contributed by atoms with Crippen LogP contribution < -0.4 is 4.74 Å². The molecule has 1 rings (SSSR count). The summed E-state index contributed by atoms with van der Waals surface area (Å²) in [5.74, 6) is 1.58. The lowest BCUT2D eigenvalue weighted by Gasteiger charge is -2.04. The number of hydrogen-bond donors (Lipinski definition) is 1. The minimum absolute atomic E-state index is 0.0327. The van der Waals surface area contributed by atoms with Gasteiger partial charge in [0.25, 0.3) is 0 Å². The fourth-order valence-corrected chi connectivity index (χ4v) is 1.44. The molecule has 0 amide bonds. The largest absolute Gasteiger partial charge is 0.491 e. The fraction of sp³-hybridized carbons (Fsp3) is 0.400. The number of pyridine rings is 1. The summed E-state index contributed by atoms with van der Waals surface area (Å²) >= 11 is 1.80. The van der Waals surface area contributed by atoms with Crippen molar-refractivity contribution in [3.05, 3.63) is 24.0 Å². The van der Waals surface area contributed by atoms with Gasteiger partial charge in [0.1, 0.15) is 11.4 Å². The minimum atomic E-state index is -1.02. The van der Waals surface area contributed by atoms with Crippen LogP contribution in [-0.4, -0.2) is 34.2 Å². The predicted octanol–water partition coefficient (Wildman–Crippen LogP) is 1.91. The first-order valence-electron chi connectivity index (χ1n) is 4.64. The van der Waals surface area contributed by atoms with Crippen LogP contribution in [0.1, 0.15) is 17.4 Å². The topological polar surface area (TPSA) is 59.4 Å². The van der Waals surface area contributed by atoms with Crippen LogP contribution in [0.5, 0.6) is 5.75 Å². The molecule has 0 spiro atoms. The number of aromatic nitrogens is 1. The van der Waals surface area contributed by atoms with E-state index < -0.39 is 5.97 Å². The first kappa shape index (κ1) is 11.8. The Labute approximate surface area is 92.7 Å². The highest BCUT2D eigenvalue weighted by Crippen LogP contribution is 2.09. The Morgan fingerprint density at radius 3 is 2.93 bits per heavy atom. The van der Waals surface area contributed by atoms with Crippen molar-refractivity contribution < 1.29 is 14.6 Å². The zero-order chi connectivity index (χ0) is 11.1. The van der Waals surface area contributed by atoms with E-state index >= 15 is 0 Å². The third kappa shape index (κ3) is 4.20. The molecule has 0 fully saturated rings. The zero-order valence-electron chi connectivity index (χ0n) is 8.47. The SMILES string of the molecule is CCSCCOc1ccc(C(=O)O)nc1. The van der Waals surface area contributed by atoms with E-state index in [0.717, 1.165) is 11.5 Å². The summed E-state index contributed by atoms with van der Waals surface area (Å²) in [6, 6.07) is 3.05. The molecule has 0 bridgehead atoms. The molecule has 0 unspecified atom stereocenters. The molecule has 1 heterocycles. The number of nitrogens with zero attached hydrogens (tertiary/aromatic N) is 1. The molecule has 0 saturated carbocycles. The van der Waals surface area contributed by atoms with Crippen molar-refractivity contribution in [2.75, 3.05) is 18.1 Å². The molecule has 1 aromatic heterocycles. The average Bonchev–Trinajstić information content (AvgIpc) is 2.25. The molecule has 1 aromatic rings. The van der Waals surface area contributed by atoms with Gasteiger partial charge in [0, 0.05) is 5.75 Å². The van der Waals surface area contributed by atoms with Crippen LogP contribution in [0.15, 0.2) is 18.3 Å². The molecule has 82 valence electrons. The Morgan fingerprint density at radius 2 is 2.40 bits per heavy atom. The molecule has 0 aliphatic carbocycles. The number of carboxylic acids is 1. The van der Waals surface area contributed by atoms with Crippen molar-refractivity contribution in [1.29, 1.82) is 0 Å². The molecule has 1 N–H and O–H groups in total. The van der Waals surface area contributed by atoms with E-state index in [1.54, 1.807) is 17.8 Å². The molecular weight excluding hydrogens is 214 g/mol. The third-order valence-corrected chi connectivity index (χ3v) is 2.52. The molecule has 0 aliphatic rings. The first-order chi connectivity index (χ1) is 7.24. The highest BCUT2D eigenvalue weighted by molar-refractivity contribution is 7.99. The van der Waals surface area contributed by atoms with Crippen LogP contribution in [0.25, 0.3) is 0 Å². The monoisotopic (exact) mass is 227 g/mol. The molecule has 4 nitrogen and oxygen atoms in total. The van der Waals surface area contributed by atoms with Gasteiger partial charge in [-0.3, -0.25) is 0 Å². The van der Waals surface area contributed by atoms with Gasteiger partial charge in [-0.05, 0) is 17.9 Å². The first-order valence-corrected chi connectivity index (χ1v) is 5.79. The fourth-order valence-electron chi connectivity index (χ4n) is 0.955. The van der Waals surface area contributed by atoms with Gasteiger partial charge >= 0.3 is 5.97 Å². The third-order valence-electron chi connectivity index (χ3n) is 1.66. The molecular formula is C10H13NO3S. The number of thioether (sulfide) groups is 1.